The highest BCUT2D eigenvalue weighted by atomic mass is 32.2. The van der Waals surface area contributed by atoms with E-state index in [1.165, 1.54) is 11.8 Å². The van der Waals surface area contributed by atoms with Crippen molar-refractivity contribution in [1.29, 1.82) is 0 Å². The van der Waals surface area contributed by atoms with Crippen LogP contribution in [0, 0.1) is 0 Å². The smallest absolute Gasteiger partial charge is 0.212 e. The summed E-state index contributed by atoms with van der Waals surface area (Å²) in [6, 6.07) is 7.43. The first-order chi connectivity index (χ1) is 12.0. The average molecular weight is 384 g/mol. The van der Waals surface area contributed by atoms with Gasteiger partial charge in [0, 0.05) is 23.9 Å². The van der Waals surface area contributed by atoms with E-state index in [9.17, 15) is 9.59 Å². The Kier molecular flexibility index (Phi) is 10.0. The monoisotopic (exact) mass is 383 g/mol. The molecule has 6 heteroatoms. The summed E-state index contributed by atoms with van der Waals surface area (Å²) in [4.78, 5) is 26.8. The first-order valence-electron chi connectivity index (χ1n) is 8.66. The van der Waals surface area contributed by atoms with Gasteiger partial charge >= 0.3 is 0 Å². The van der Waals surface area contributed by atoms with Gasteiger partial charge in [0.05, 0.1) is 7.11 Å². The summed E-state index contributed by atoms with van der Waals surface area (Å²) in [5.74, 6) is 2.52. The third-order valence-corrected chi connectivity index (χ3v) is 5.83. The van der Waals surface area contributed by atoms with Gasteiger partial charge in [-0.2, -0.15) is 11.8 Å². The van der Waals surface area contributed by atoms with Gasteiger partial charge in [0.15, 0.2) is 0 Å². The molecule has 140 valence electrons. The van der Waals surface area contributed by atoms with Crippen LogP contribution in [-0.4, -0.2) is 47.4 Å². The van der Waals surface area contributed by atoms with Crippen LogP contribution in [0.2, 0.25) is 0 Å². The number of Topliss-reactive ketones (excluding diaryl/α,β-unsaturated/α-hetero) is 1. The van der Waals surface area contributed by atoms with Crippen molar-refractivity contribution in [3.8, 4) is 5.75 Å². The van der Waals surface area contributed by atoms with Crippen LogP contribution >= 0.6 is 23.5 Å². The summed E-state index contributed by atoms with van der Waals surface area (Å²) in [7, 11) is 1.64. The molecule has 2 atom stereocenters. The SMILES string of the molecule is CCSC(=O)[C@@H]([C@@H](CC(C)=O)SCC)N(CC)c1ccc(OC)cc1. The highest BCUT2D eigenvalue weighted by Gasteiger charge is 2.34. The molecule has 1 rings (SSSR count). The van der Waals surface area contributed by atoms with E-state index in [0.29, 0.717) is 13.0 Å². The standard InChI is InChI=1S/C19H29NO3S2/c1-6-20(15-9-11-16(23-5)12-10-15)18(19(22)25-8-3)17(24-7-2)13-14(4)21/h9-12,17-18H,6-8,13H2,1-5H3/t17-,18-/m1/s1. The Morgan fingerprint density at radius 1 is 1.12 bits per heavy atom. The van der Waals surface area contributed by atoms with Gasteiger partial charge in [-0.25, -0.2) is 0 Å². The molecule has 0 heterocycles. The minimum atomic E-state index is -0.322. The molecule has 0 bridgehead atoms. The quantitative estimate of drug-likeness (QED) is 0.569. The Balaban J connectivity index is 3.23. The van der Waals surface area contributed by atoms with Crippen LogP contribution in [0.4, 0.5) is 5.69 Å². The lowest BCUT2D eigenvalue weighted by Gasteiger charge is -2.36. The molecule has 0 aliphatic heterocycles. The number of hydrogen-bond donors (Lipinski definition) is 0. The highest BCUT2D eigenvalue weighted by molar-refractivity contribution is 8.13. The lowest BCUT2D eigenvalue weighted by atomic mass is 10.1. The number of carbonyl (C=O) groups is 2. The summed E-state index contributed by atoms with van der Waals surface area (Å²) in [6.07, 6.45) is 0.409. The van der Waals surface area contributed by atoms with E-state index in [1.807, 2.05) is 38.1 Å². The zero-order chi connectivity index (χ0) is 18.8. The predicted molar refractivity (Wildman–Crippen MR) is 110 cm³/mol. The van der Waals surface area contributed by atoms with Gasteiger partial charge in [0.25, 0.3) is 0 Å². The second kappa shape index (κ2) is 11.5. The average Bonchev–Trinajstić information content (AvgIpc) is 2.59. The van der Waals surface area contributed by atoms with Gasteiger partial charge in [-0.3, -0.25) is 9.59 Å². The number of anilines is 1. The van der Waals surface area contributed by atoms with Gasteiger partial charge in [-0.05, 0) is 49.6 Å². The summed E-state index contributed by atoms with van der Waals surface area (Å²) < 4.78 is 5.23. The van der Waals surface area contributed by atoms with Crippen LogP contribution in [0.1, 0.15) is 34.1 Å². The Morgan fingerprint density at radius 3 is 2.20 bits per heavy atom. The fourth-order valence-electron chi connectivity index (χ4n) is 2.78. The van der Waals surface area contributed by atoms with Crippen molar-refractivity contribution in [2.24, 2.45) is 0 Å². The van der Waals surface area contributed by atoms with Gasteiger partial charge in [0.1, 0.15) is 17.6 Å². The van der Waals surface area contributed by atoms with E-state index in [-0.39, 0.29) is 22.2 Å². The van der Waals surface area contributed by atoms with Gasteiger partial charge in [-0.1, -0.05) is 25.6 Å². The fraction of sp³-hybridized carbons (Fsp3) is 0.579. The molecule has 0 fully saturated rings. The van der Waals surface area contributed by atoms with Crippen LogP contribution in [0.5, 0.6) is 5.75 Å². The molecule has 0 aliphatic carbocycles. The molecular formula is C19H29NO3S2. The predicted octanol–water partition coefficient (Wildman–Crippen LogP) is 4.27. The normalized spacial score (nSPS) is 13.2. The van der Waals surface area contributed by atoms with Gasteiger partial charge < -0.3 is 9.64 Å². The maximum atomic E-state index is 12.9. The van der Waals surface area contributed by atoms with Crippen LogP contribution in [0.15, 0.2) is 24.3 Å². The number of thioether (sulfide) groups is 2. The van der Waals surface area contributed by atoms with Gasteiger partial charge in [-0.15, -0.1) is 0 Å². The molecule has 0 aliphatic rings. The molecule has 0 N–H and O–H groups in total. The minimum Gasteiger partial charge on any atom is -0.497 e. The maximum absolute atomic E-state index is 12.9. The molecule has 4 nitrogen and oxygen atoms in total. The summed E-state index contributed by atoms with van der Waals surface area (Å²) in [5.41, 5.74) is 0.976. The molecule has 0 aromatic heterocycles. The van der Waals surface area contributed by atoms with Crippen LogP contribution < -0.4 is 9.64 Å². The van der Waals surface area contributed by atoms with Crippen molar-refractivity contribution in [3.05, 3.63) is 24.3 Å². The molecule has 0 amide bonds. The highest BCUT2D eigenvalue weighted by Crippen LogP contribution is 2.30. The zero-order valence-corrected chi connectivity index (χ0v) is 17.4. The molecule has 25 heavy (non-hydrogen) atoms. The third kappa shape index (κ3) is 6.59. The van der Waals surface area contributed by atoms with E-state index in [4.69, 9.17) is 4.74 Å². The van der Waals surface area contributed by atoms with Crippen LogP contribution in [0.25, 0.3) is 0 Å². The van der Waals surface area contributed by atoms with Crippen molar-refractivity contribution in [2.75, 3.05) is 30.1 Å². The first kappa shape index (κ1) is 21.9. The summed E-state index contributed by atoms with van der Waals surface area (Å²) in [5, 5.41) is 0.0865. The van der Waals surface area contributed by atoms with E-state index >= 15 is 0 Å². The molecule has 0 saturated carbocycles. The Bertz CT molecular complexity index is 548. The van der Waals surface area contributed by atoms with Crippen LogP contribution in [0.3, 0.4) is 0 Å². The van der Waals surface area contributed by atoms with Crippen LogP contribution in [-0.2, 0) is 9.59 Å². The van der Waals surface area contributed by atoms with Gasteiger partial charge in [0.2, 0.25) is 5.12 Å². The van der Waals surface area contributed by atoms with E-state index in [2.05, 4.69) is 11.8 Å². The molecule has 0 unspecified atom stereocenters. The number of nitrogens with zero attached hydrogens (tertiary/aromatic N) is 1. The largest absolute Gasteiger partial charge is 0.497 e. The Hall–Kier alpha value is -1.14. The van der Waals surface area contributed by atoms with E-state index in [1.54, 1.807) is 25.8 Å². The molecule has 0 spiro atoms. The second-order valence-corrected chi connectivity index (χ2v) is 8.37. The zero-order valence-electron chi connectivity index (χ0n) is 15.8. The molecule has 0 saturated heterocycles. The topological polar surface area (TPSA) is 46.6 Å². The number of carbonyl (C=O) groups excluding carboxylic acids is 2. The Labute approximate surface area is 160 Å². The Morgan fingerprint density at radius 2 is 1.76 bits per heavy atom. The lowest BCUT2D eigenvalue weighted by molar-refractivity contribution is -0.117. The lowest BCUT2D eigenvalue weighted by Crippen LogP contribution is -2.48. The number of benzene rings is 1. The number of methoxy groups -OCH3 is 1. The number of ketones is 1. The molecule has 1 aromatic rings. The fourth-order valence-corrected chi connectivity index (χ4v) is 4.85. The number of likely N-dealkylation sites (N-methyl/N-ethyl adjacent to an activating group) is 1. The van der Waals surface area contributed by atoms with Crippen molar-refractivity contribution in [2.45, 2.75) is 45.4 Å². The van der Waals surface area contributed by atoms with E-state index < -0.39 is 0 Å². The first-order valence-corrected chi connectivity index (χ1v) is 10.7. The molecule has 1 aromatic carbocycles. The number of rotatable bonds is 11. The molecule has 0 radical (unpaired) electrons. The van der Waals surface area contributed by atoms with Crippen molar-refractivity contribution in [3.63, 3.8) is 0 Å². The van der Waals surface area contributed by atoms with E-state index in [0.717, 1.165) is 22.9 Å². The minimum absolute atomic E-state index is 0.0453. The summed E-state index contributed by atoms with van der Waals surface area (Å²) in [6.45, 7) is 8.39. The third-order valence-electron chi connectivity index (χ3n) is 3.83. The molecular weight excluding hydrogens is 354 g/mol. The number of ether oxygens (including phenoxy) is 1. The van der Waals surface area contributed by atoms with Crippen molar-refractivity contribution >= 4 is 40.1 Å². The number of hydrogen-bond acceptors (Lipinski definition) is 6. The van der Waals surface area contributed by atoms with Crippen molar-refractivity contribution in [1.82, 2.24) is 0 Å². The summed E-state index contributed by atoms with van der Waals surface area (Å²) >= 11 is 3.03. The maximum Gasteiger partial charge on any atom is 0.212 e. The van der Waals surface area contributed by atoms with Crippen molar-refractivity contribution < 1.29 is 14.3 Å². The second-order valence-electron chi connectivity index (χ2n) is 5.58.